The van der Waals surface area contributed by atoms with Crippen LogP contribution >= 0.6 is 0 Å². The third kappa shape index (κ3) is 6.22. The van der Waals surface area contributed by atoms with Crippen LogP contribution in [0.1, 0.15) is 45.7 Å². The second kappa shape index (κ2) is 11.1. The zero-order chi connectivity index (χ0) is 19.5. The SMILES string of the molecule is CCc1ccccc1C(=O)OCCOCCOC(=O)c1ccccc1CC. The Balaban J connectivity index is 1.63. The van der Waals surface area contributed by atoms with Crippen molar-refractivity contribution in [1.82, 2.24) is 0 Å². The normalized spacial score (nSPS) is 10.4. The minimum absolute atomic E-state index is 0.156. The fraction of sp³-hybridized carbons (Fsp3) is 0.364. The van der Waals surface area contributed by atoms with Gasteiger partial charge in [0.25, 0.3) is 0 Å². The van der Waals surface area contributed by atoms with Crippen molar-refractivity contribution in [3.63, 3.8) is 0 Å². The molecular weight excluding hydrogens is 344 g/mol. The summed E-state index contributed by atoms with van der Waals surface area (Å²) >= 11 is 0. The minimum Gasteiger partial charge on any atom is -0.460 e. The van der Waals surface area contributed by atoms with E-state index in [1.165, 1.54) is 0 Å². The smallest absolute Gasteiger partial charge is 0.338 e. The molecule has 0 saturated heterocycles. The molecule has 0 heterocycles. The molecule has 5 nitrogen and oxygen atoms in total. The zero-order valence-electron chi connectivity index (χ0n) is 15.9. The van der Waals surface area contributed by atoms with Gasteiger partial charge in [0.2, 0.25) is 0 Å². The Morgan fingerprint density at radius 1 is 0.667 bits per heavy atom. The highest BCUT2D eigenvalue weighted by Gasteiger charge is 2.12. The number of benzene rings is 2. The van der Waals surface area contributed by atoms with Gasteiger partial charge in [-0.25, -0.2) is 9.59 Å². The quantitative estimate of drug-likeness (QED) is 0.470. The molecule has 0 bridgehead atoms. The lowest BCUT2D eigenvalue weighted by Crippen LogP contribution is -2.16. The van der Waals surface area contributed by atoms with Crippen LogP contribution in [-0.4, -0.2) is 38.4 Å². The van der Waals surface area contributed by atoms with Crippen LogP contribution in [0.2, 0.25) is 0 Å². The van der Waals surface area contributed by atoms with Gasteiger partial charge in [0.1, 0.15) is 13.2 Å². The van der Waals surface area contributed by atoms with Gasteiger partial charge in [-0.15, -0.1) is 0 Å². The lowest BCUT2D eigenvalue weighted by molar-refractivity contribution is 0.0150. The molecular formula is C22H26O5. The summed E-state index contributed by atoms with van der Waals surface area (Å²) in [5, 5.41) is 0. The van der Waals surface area contributed by atoms with Crippen molar-refractivity contribution >= 4 is 11.9 Å². The van der Waals surface area contributed by atoms with E-state index in [2.05, 4.69) is 0 Å². The van der Waals surface area contributed by atoms with Crippen LogP contribution in [0.4, 0.5) is 0 Å². The number of rotatable bonds is 10. The Morgan fingerprint density at radius 3 is 1.48 bits per heavy atom. The van der Waals surface area contributed by atoms with E-state index in [-0.39, 0.29) is 38.4 Å². The molecule has 0 atom stereocenters. The second-order valence-electron chi connectivity index (χ2n) is 5.91. The van der Waals surface area contributed by atoms with Gasteiger partial charge in [-0.3, -0.25) is 0 Å². The van der Waals surface area contributed by atoms with Gasteiger partial charge >= 0.3 is 11.9 Å². The molecule has 0 aromatic heterocycles. The second-order valence-corrected chi connectivity index (χ2v) is 5.91. The first-order chi connectivity index (χ1) is 13.2. The molecule has 0 N–H and O–H groups in total. The molecule has 0 aliphatic carbocycles. The molecule has 0 fully saturated rings. The third-order valence-electron chi connectivity index (χ3n) is 4.16. The Bertz CT molecular complexity index is 690. The number of carbonyl (C=O) groups excluding carboxylic acids is 2. The first-order valence-electron chi connectivity index (χ1n) is 9.25. The molecule has 0 saturated carbocycles. The maximum atomic E-state index is 12.1. The Labute approximate surface area is 160 Å². The summed E-state index contributed by atoms with van der Waals surface area (Å²) in [4.78, 5) is 24.1. The molecule has 2 aromatic rings. The van der Waals surface area contributed by atoms with E-state index in [4.69, 9.17) is 14.2 Å². The molecule has 0 aliphatic rings. The lowest BCUT2D eigenvalue weighted by atomic mass is 10.1. The van der Waals surface area contributed by atoms with Gasteiger partial charge in [0.15, 0.2) is 0 Å². The van der Waals surface area contributed by atoms with Gasteiger partial charge in [-0.1, -0.05) is 50.2 Å². The van der Waals surface area contributed by atoms with Crippen molar-refractivity contribution in [2.45, 2.75) is 26.7 Å². The monoisotopic (exact) mass is 370 g/mol. The van der Waals surface area contributed by atoms with E-state index in [0.29, 0.717) is 11.1 Å². The van der Waals surface area contributed by atoms with Crippen LogP contribution in [0, 0.1) is 0 Å². The van der Waals surface area contributed by atoms with Crippen LogP contribution in [0.25, 0.3) is 0 Å². The summed E-state index contributed by atoms with van der Waals surface area (Å²) in [7, 11) is 0. The number of ether oxygens (including phenoxy) is 3. The maximum Gasteiger partial charge on any atom is 0.338 e. The van der Waals surface area contributed by atoms with Crippen molar-refractivity contribution in [2.24, 2.45) is 0 Å². The summed E-state index contributed by atoms with van der Waals surface area (Å²) in [5.74, 6) is -0.697. The van der Waals surface area contributed by atoms with Crippen molar-refractivity contribution in [1.29, 1.82) is 0 Å². The fourth-order valence-corrected chi connectivity index (χ4v) is 2.70. The van der Waals surface area contributed by atoms with Crippen LogP contribution in [0.15, 0.2) is 48.5 Å². The summed E-state index contributed by atoms with van der Waals surface area (Å²) < 4.78 is 15.8. The molecule has 0 aliphatic heterocycles. The highest BCUT2D eigenvalue weighted by atomic mass is 16.6. The first-order valence-corrected chi connectivity index (χ1v) is 9.25. The highest BCUT2D eigenvalue weighted by Crippen LogP contribution is 2.11. The molecule has 0 radical (unpaired) electrons. The van der Waals surface area contributed by atoms with Crippen molar-refractivity contribution in [3.8, 4) is 0 Å². The topological polar surface area (TPSA) is 61.8 Å². The Hall–Kier alpha value is -2.66. The predicted molar refractivity (Wildman–Crippen MR) is 103 cm³/mol. The van der Waals surface area contributed by atoms with E-state index in [0.717, 1.165) is 24.0 Å². The molecule has 0 unspecified atom stereocenters. The lowest BCUT2D eigenvalue weighted by Gasteiger charge is -2.10. The zero-order valence-corrected chi connectivity index (χ0v) is 15.9. The molecule has 27 heavy (non-hydrogen) atoms. The summed E-state index contributed by atoms with van der Waals surface area (Å²) in [6.07, 6.45) is 1.54. The fourth-order valence-electron chi connectivity index (χ4n) is 2.70. The largest absolute Gasteiger partial charge is 0.460 e. The van der Waals surface area contributed by atoms with E-state index in [1.807, 2.05) is 50.2 Å². The average Bonchev–Trinajstić information content (AvgIpc) is 2.72. The van der Waals surface area contributed by atoms with Crippen molar-refractivity contribution in [2.75, 3.05) is 26.4 Å². The Kier molecular flexibility index (Phi) is 8.52. The molecule has 144 valence electrons. The standard InChI is InChI=1S/C22H26O5/c1-3-17-9-5-7-11-19(17)21(23)26-15-13-25-14-16-27-22(24)20-12-8-6-10-18(20)4-2/h5-12H,3-4,13-16H2,1-2H3. The highest BCUT2D eigenvalue weighted by molar-refractivity contribution is 5.91. The molecule has 5 heteroatoms. The molecule has 0 amide bonds. The van der Waals surface area contributed by atoms with Crippen molar-refractivity contribution in [3.05, 3.63) is 70.8 Å². The van der Waals surface area contributed by atoms with Gasteiger partial charge in [-0.05, 0) is 36.1 Å². The molecule has 0 spiro atoms. The van der Waals surface area contributed by atoms with Crippen LogP contribution in [0.3, 0.4) is 0 Å². The summed E-state index contributed by atoms with van der Waals surface area (Å²) in [6, 6.07) is 14.8. The summed E-state index contributed by atoms with van der Waals surface area (Å²) in [6.45, 7) is 4.81. The first kappa shape index (κ1) is 20.6. The average molecular weight is 370 g/mol. The number of hydrogen-bond donors (Lipinski definition) is 0. The predicted octanol–water partition coefficient (Wildman–Crippen LogP) is 3.84. The van der Waals surface area contributed by atoms with Crippen LogP contribution < -0.4 is 0 Å². The van der Waals surface area contributed by atoms with E-state index < -0.39 is 0 Å². The van der Waals surface area contributed by atoms with Gasteiger partial charge in [0.05, 0.1) is 24.3 Å². The number of esters is 2. The van der Waals surface area contributed by atoms with Crippen LogP contribution in [0.5, 0.6) is 0 Å². The molecule has 2 rings (SSSR count). The van der Waals surface area contributed by atoms with Gasteiger partial charge in [0, 0.05) is 0 Å². The van der Waals surface area contributed by atoms with Gasteiger partial charge in [-0.2, -0.15) is 0 Å². The third-order valence-corrected chi connectivity index (χ3v) is 4.16. The van der Waals surface area contributed by atoms with Crippen LogP contribution in [-0.2, 0) is 27.1 Å². The van der Waals surface area contributed by atoms with Gasteiger partial charge < -0.3 is 14.2 Å². The number of hydrogen-bond acceptors (Lipinski definition) is 5. The van der Waals surface area contributed by atoms with E-state index >= 15 is 0 Å². The van der Waals surface area contributed by atoms with Crippen molar-refractivity contribution < 1.29 is 23.8 Å². The maximum absolute atomic E-state index is 12.1. The number of aryl methyl sites for hydroxylation is 2. The number of carbonyl (C=O) groups is 2. The minimum atomic E-state index is -0.348. The Morgan fingerprint density at radius 2 is 1.07 bits per heavy atom. The summed E-state index contributed by atoms with van der Waals surface area (Å²) in [5.41, 5.74) is 3.09. The van der Waals surface area contributed by atoms with E-state index in [1.54, 1.807) is 12.1 Å². The van der Waals surface area contributed by atoms with E-state index in [9.17, 15) is 9.59 Å². The molecule has 2 aromatic carbocycles.